The van der Waals surface area contributed by atoms with Crippen LogP contribution in [-0.4, -0.2) is 63.0 Å². The lowest BCUT2D eigenvalue weighted by atomic mass is 9.83. The molecule has 3 heterocycles. The number of hydrogen-bond donors (Lipinski definition) is 2. The zero-order valence-corrected chi connectivity index (χ0v) is 23.8. The smallest absolute Gasteiger partial charge is 0.255 e. The predicted molar refractivity (Wildman–Crippen MR) is 155 cm³/mol. The number of aliphatic hydroxyl groups is 1. The van der Waals surface area contributed by atoms with Gasteiger partial charge in [-0.05, 0) is 87.3 Å². The highest BCUT2D eigenvalue weighted by Gasteiger charge is 2.46. The summed E-state index contributed by atoms with van der Waals surface area (Å²) in [4.78, 5) is 30.6. The lowest BCUT2D eigenvalue weighted by molar-refractivity contribution is -0.134. The molecule has 0 saturated carbocycles. The number of likely N-dealkylation sites (tertiary alicyclic amines) is 2. The summed E-state index contributed by atoms with van der Waals surface area (Å²) in [7, 11) is 0. The normalized spacial score (nSPS) is 17.8. The Morgan fingerprint density at radius 2 is 1.51 bits per heavy atom. The molecule has 2 amide bonds. The van der Waals surface area contributed by atoms with Gasteiger partial charge in [-0.2, -0.15) is 0 Å². The highest BCUT2D eigenvalue weighted by atomic mass is 35.5. The van der Waals surface area contributed by atoms with Gasteiger partial charge in [0.2, 0.25) is 5.91 Å². The summed E-state index contributed by atoms with van der Waals surface area (Å²) in [5, 5.41) is 12.0. The first-order chi connectivity index (χ1) is 18.7. The molecule has 206 valence electrons. The van der Waals surface area contributed by atoms with Crippen LogP contribution in [0, 0.1) is 0 Å². The van der Waals surface area contributed by atoms with Crippen LogP contribution in [0.25, 0.3) is 16.9 Å². The van der Waals surface area contributed by atoms with Gasteiger partial charge in [0.15, 0.2) is 0 Å². The summed E-state index contributed by atoms with van der Waals surface area (Å²) in [5.41, 5.74) is 8.06. The van der Waals surface area contributed by atoms with Crippen molar-refractivity contribution in [2.24, 2.45) is 5.73 Å². The van der Waals surface area contributed by atoms with Crippen LogP contribution in [0.3, 0.4) is 0 Å². The Morgan fingerprint density at radius 3 is 2.10 bits per heavy atom. The Balaban J connectivity index is 1.52. The van der Waals surface area contributed by atoms with E-state index in [-0.39, 0.29) is 18.4 Å². The van der Waals surface area contributed by atoms with E-state index in [4.69, 9.17) is 40.5 Å². The average molecular weight is 590 g/mol. The van der Waals surface area contributed by atoms with Crippen molar-refractivity contribution in [1.29, 1.82) is 0 Å². The summed E-state index contributed by atoms with van der Waals surface area (Å²) in [6.07, 6.45) is 4.22. The van der Waals surface area contributed by atoms with E-state index in [1.807, 2.05) is 16.7 Å². The number of nitrogens with two attached hydrogens (primary N) is 1. The van der Waals surface area contributed by atoms with Gasteiger partial charge in [0.1, 0.15) is 5.54 Å². The quantitative estimate of drug-likeness (QED) is 0.395. The zero-order chi connectivity index (χ0) is 27.7. The number of amides is 2. The third kappa shape index (κ3) is 5.31. The standard InChI is InChI=1S/C29H31Cl3N4O3/c30-19-4-7-21(8-5-19)36-25(22-9-6-20(31)16-24(22)32)17-23(26(36)18-37)27(38)34-14-10-29(11-15-34,28(33)39)35-12-2-1-3-13-35/h4-9,16-17,37H,1-3,10-15,18H2,(H2,33,39). The zero-order valence-electron chi connectivity index (χ0n) is 21.5. The number of hydrogen-bond acceptors (Lipinski definition) is 4. The number of halogens is 3. The lowest BCUT2D eigenvalue weighted by Crippen LogP contribution is -2.63. The molecule has 39 heavy (non-hydrogen) atoms. The predicted octanol–water partition coefficient (Wildman–Crippen LogP) is 5.54. The van der Waals surface area contributed by atoms with E-state index < -0.39 is 5.54 Å². The molecule has 3 aromatic rings. The van der Waals surface area contributed by atoms with Crippen molar-refractivity contribution in [2.75, 3.05) is 26.2 Å². The fraction of sp³-hybridized carbons (Fsp3) is 0.379. The molecule has 0 bridgehead atoms. The average Bonchev–Trinajstić information content (AvgIpc) is 3.32. The van der Waals surface area contributed by atoms with Gasteiger partial charge in [0, 0.05) is 34.4 Å². The van der Waals surface area contributed by atoms with E-state index in [0.717, 1.165) is 38.0 Å². The van der Waals surface area contributed by atoms with Gasteiger partial charge in [-0.15, -0.1) is 0 Å². The summed E-state index contributed by atoms with van der Waals surface area (Å²) in [6, 6.07) is 14.1. The molecule has 7 nitrogen and oxygen atoms in total. The minimum atomic E-state index is -0.728. The Kier molecular flexibility index (Phi) is 8.26. The van der Waals surface area contributed by atoms with Gasteiger partial charge in [-0.25, -0.2) is 0 Å². The second kappa shape index (κ2) is 11.5. The number of carbonyl (C=O) groups is 2. The highest BCUT2D eigenvalue weighted by Crippen LogP contribution is 2.37. The maximum Gasteiger partial charge on any atom is 0.255 e. The molecule has 0 radical (unpaired) electrons. The Bertz CT molecular complexity index is 1380. The molecule has 0 unspecified atom stereocenters. The Hall–Kier alpha value is -2.55. The number of primary amides is 1. The molecule has 2 saturated heterocycles. The van der Waals surface area contributed by atoms with Crippen molar-refractivity contribution in [3.8, 4) is 16.9 Å². The molecule has 0 atom stereocenters. The first-order valence-electron chi connectivity index (χ1n) is 13.2. The second-order valence-electron chi connectivity index (χ2n) is 10.2. The van der Waals surface area contributed by atoms with Crippen LogP contribution in [0.5, 0.6) is 0 Å². The van der Waals surface area contributed by atoms with Crippen LogP contribution >= 0.6 is 34.8 Å². The summed E-state index contributed by atoms with van der Waals surface area (Å²) >= 11 is 18.9. The molecule has 2 fully saturated rings. The fourth-order valence-corrected chi connectivity index (χ4v) is 6.59. The molecule has 5 rings (SSSR count). The number of piperidine rings is 2. The number of nitrogens with zero attached hydrogens (tertiary/aromatic N) is 3. The molecule has 2 aliphatic rings. The van der Waals surface area contributed by atoms with Gasteiger partial charge < -0.3 is 20.3 Å². The third-order valence-corrected chi connectivity index (χ3v) is 8.87. The molecule has 0 aliphatic carbocycles. The van der Waals surface area contributed by atoms with E-state index in [9.17, 15) is 14.7 Å². The number of benzene rings is 2. The summed E-state index contributed by atoms with van der Waals surface area (Å²) in [6.45, 7) is 2.11. The van der Waals surface area contributed by atoms with Crippen molar-refractivity contribution < 1.29 is 14.7 Å². The largest absolute Gasteiger partial charge is 0.390 e. The van der Waals surface area contributed by atoms with E-state index in [2.05, 4.69) is 4.90 Å². The van der Waals surface area contributed by atoms with Crippen LogP contribution < -0.4 is 5.73 Å². The van der Waals surface area contributed by atoms with Gasteiger partial charge >= 0.3 is 0 Å². The summed E-state index contributed by atoms with van der Waals surface area (Å²) in [5.74, 6) is -0.532. The van der Waals surface area contributed by atoms with E-state index >= 15 is 0 Å². The number of aliphatic hydroxyl groups excluding tert-OH is 1. The Labute approximate surface area is 243 Å². The number of rotatable bonds is 6. The minimum Gasteiger partial charge on any atom is -0.390 e. The molecule has 0 spiro atoms. The van der Waals surface area contributed by atoms with Gasteiger partial charge in [0.25, 0.3) is 5.91 Å². The first-order valence-corrected chi connectivity index (χ1v) is 14.3. The van der Waals surface area contributed by atoms with Crippen LogP contribution in [0.1, 0.15) is 48.2 Å². The van der Waals surface area contributed by atoms with Gasteiger partial charge in [0.05, 0.1) is 28.6 Å². The van der Waals surface area contributed by atoms with Crippen LogP contribution in [0.4, 0.5) is 0 Å². The van der Waals surface area contributed by atoms with Gasteiger partial charge in [-0.1, -0.05) is 41.2 Å². The van der Waals surface area contributed by atoms with Crippen molar-refractivity contribution >= 4 is 46.6 Å². The van der Waals surface area contributed by atoms with E-state index in [0.29, 0.717) is 63.5 Å². The monoisotopic (exact) mass is 588 g/mol. The van der Waals surface area contributed by atoms with Crippen molar-refractivity contribution in [3.05, 3.63) is 74.9 Å². The maximum absolute atomic E-state index is 14.0. The highest BCUT2D eigenvalue weighted by molar-refractivity contribution is 6.36. The topological polar surface area (TPSA) is 91.8 Å². The minimum absolute atomic E-state index is 0.213. The van der Waals surface area contributed by atoms with Crippen LogP contribution in [0.15, 0.2) is 48.5 Å². The van der Waals surface area contributed by atoms with Crippen LogP contribution in [-0.2, 0) is 11.4 Å². The van der Waals surface area contributed by atoms with Crippen molar-refractivity contribution in [2.45, 2.75) is 44.2 Å². The molecule has 10 heteroatoms. The fourth-order valence-electron chi connectivity index (χ4n) is 5.96. The van der Waals surface area contributed by atoms with Crippen molar-refractivity contribution in [3.63, 3.8) is 0 Å². The van der Waals surface area contributed by atoms with E-state index in [1.54, 1.807) is 41.3 Å². The maximum atomic E-state index is 14.0. The molecule has 3 N–H and O–H groups in total. The molecular formula is C29H31Cl3N4O3. The molecule has 2 aromatic carbocycles. The van der Waals surface area contributed by atoms with Crippen molar-refractivity contribution in [1.82, 2.24) is 14.4 Å². The Morgan fingerprint density at radius 1 is 0.872 bits per heavy atom. The molecular weight excluding hydrogens is 559 g/mol. The number of carbonyl (C=O) groups excluding carboxylic acids is 2. The molecule has 1 aromatic heterocycles. The first kappa shape index (κ1) is 28.0. The third-order valence-electron chi connectivity index (χ3n) is 8.07. The van der Waals surface area contributed by atoms with Gasteiger partial charge in [-0.3, -0.25) is 14.5 Å². The van der Waals surface area contributed by atoms with E-state index in [1.165, 1.54) is 0 Å². The SMILES string of the molecule is NC(=O)C1(N2CCCCC2)CCN(C(=O)c2cc(-c3ccc(Cl)cc3Cl)n(-c3ccc(Cl)cc3)c2CO)CC1. The summed E-state index contributed by atoms with van der Waals surface area (Å²) < 4.78 is 1.82. The van der Waals surface area contributed by atoms with Crippen LogP contribution in [0.2, 0.25) is 15.1 Å². The number of aromatic nitrogens is 1. The molecule has 2 aliphatic heterocycles. The lowest BCUT2D eigenvalue weighted by Gasteiger charge is -2.48. The second-order valence-corrected chi connectivity index (χ2v) is 11.5.